The topological polar surface area (TPSA) is 22.0 Å². The van der Waals surface area contributed by atoms with Crippen molar-refractivity contribution in [1.29, 1.82) is 0 Å². The first-order valence-electron chi connectivity index (χ1n) is 20.9. The van der Waals surface area contributed by atoms with Gasteiger partial charge in [-0.25, -0.2) is 0 Å². The summed E-state index contributed by atoms with van der Waals surface area (Å²) in [5.41, 5.74) is 10.2. The molecule has 1 aromatic heterocycles. The van der Waals surface area contributed by atoms with Crippen LogP contribution in [-0.2, 0) is 4.57 Å². The number of fused-ring (bicyclic) bond motifs is 10. The average Bonchev–Trinajstić information content (AvgIpc) is 3.78. The van der Waals surface area contributed by atoms with Gasteiger partial charge in [0, 0.05) is 32.4 Å². The molecule has 0 N–H and O–H groups in total. The maximum atomic E-state index is 15.6. The molecule has 1 aliphatic rings. The zero-order chi connectivity index (χ0) is 40.2. The second kappa shape index (κ2) is 13.0. The first kappa shape index (κ1) is 34.4. The van der Waals surface area contributed by atoms with Gasteiger partial charge in [0.1, 0.15) is 0 Å². The van der Waals surface area contributed by atoms with Crippen molar-refractivity contribution < 1.29 is 4.57 Å². The van der Waals surface area contributed by atoms with Crippen molar-refractivity contribution in [2.45, 2.75) is 0 Å². The number of rotatable bonds is 4. The normalized spacial score (nSPS) is 14.7. The molecule has 11 aromatic carbocycles. The third-order valence-corrected chi connectivity index (χ3v) is 16.3. The first-order valence-corrected chi connectivity index (χ1v) is 22.6. The van der Waals surface area contributed by atoms with E-state index in [9.17, 15) is 0 Å². The SMILES string of the molecule is O=P1(c2ccccc2)c2ccccc2-c2cc3c(cc21)c1ccccc1n3-c1ccc2c(-c3ccc4ccccc4c3)c3ccccc3c(-c3ccc4ccccc4c3)c2c1. The molecule has 0 fully saturated rings. The number of para-hydroxylation sites is 1. The molecule has 3 heteroatoms. The maximum Gasteiger partial charge on any atom is 0.172 e. The summed E-state index contributed by atoms with van der Waals surface area (Å²) in [7, 11) is -3.12. The van der Waals surface area contributed by atoms with Gasteiger partial charge in [-0.05, 0) is 119 Å². The summed E-state index contributed by atoms with van der Waals surface area (Å²) in [4.78, 5) is 0. The standard InChI is InChI=1S/C58H36NOP/c60-61(44-18-2-1-3-19-44)55-25-13-11-21-46(55)51-35-54-50(36-56(51)61)45-20-10-12-24-53(45)59(54)43-30-31-49-52(34-43)58(42-29-27-38-15-5-7-17-40(38)33-42)48-23-9-8-22-47(48)57(49)41-28-26-37-14-4-6-16-39(37)32-41/h1-36H. The van der Waals surface area contributed by atoms with Crippen LogP contribution in [0.25, 0.3) is 104 Å². The van der Waals surface area contributed by atoms with E-state index in [0.29, 0.717) is 0 Å². The lowest BCUT2D eigenvalue weighted by Crippen LogP contribution is -2.20. The molecule has 61 heavy (non-hydrogen) atoms. The fourth-order valence-electron chi connectivity index (χ4n) is 10.4. The summed E-state index contributed by atoms with van der Waals surface area (Å²) < 4.78 is 18.1. The molecule has 0 amide bonds. The first-order chi connectivity index (χ1) is 30.1. The van der Waals surface area contributed by atoms with Crippen molar-refractivity contribution in [2.75, 3.05) is 0 Å². The van der Waals surface area contributed by atoms with Crippen molar-refractivity contribution in [2.24, 2.45) is 0 Å². The van der Waals surface area contributed by atoms with Gasteiger partial charge in [-0.2, -0.15) is 0 Å². The predicted molar refractivity (Wildman–Crippen MR) is 260 cm³/mol. The van der Waals surface area contributed by atoms with E-state index in [1.807, 2.05) is 36.4 Å². The highest BCUT2D eigenvalue weighted by Crippen LogP contribution is 2.54. The van der Waals surface area contributed by atoms with Crippen molar-refractivity contribution >= 4 is 88.0 Å². The molecule has 2 nitrogen and oxygen atoms in total. The van der Waals surface area contributed by atoms with E-state index in [-0.39, 0.29) is 0 Å². The monoisotopic (exact) mass is 793 g/mol. The van der Waals surface area contributed by atoms with E-state index < -0.39 is 7.14 Å². The summed E-state index contributed by atoms with van der Waals surface area (Å²) in [5, 5.41) is 14.7. The number of aromatic nitrogens is 1. The van der Waals surface area contributed by atoms with Gasteiger partial charge in [-0.15, -0.1) is 0 Å². The lowest BCUT2D eigenvalue weighted by molar-refractivity contribution is 0.593. The van der Waals surface area contributed by atoms with E-state index in [1.165, 1.54) is 65.3 Å². The number of hydrogen-bond donors (Lipinski definition) is 0. The van der Waals surface area contributed by atoms with Crippen LogP contribution in [0.3, 0.4) is 0 Å². The zero-order valence-corrected chi connectivity index (χ0v) is 34.0. The minimum Gasteiger partial charge on any atom is -0.309 e. The Morgan fingerprint density at radius 2 is 0.885 bits per heavy atom. The highest BCUT2D eigenvalue weighted by molar-refractivity contribution is 7.86. The average molecular weight is 794 g/mol. The molecule has 1 unspecified atom stereocenters. The quantitative estimate of drug-likeness (QED) is 0.128. The molecule has 1 aliphatic heterocycles. The summed E-state index contributed by atoms with van der Waals surface area (Å²) in [5.74, 6) is 0. The molecule has 13 rings (SSSR count). The van der Waals surface area contributed by atoms with Crippen LogP contribution in [0.15, 0.2) is 218 Å². The molecule has 12 aromatic rings. The van der Waals surface area contributed by atoms with Crippen molar-refractivity contribution in [3.05, 3.63) is 218 Å². The van der Waals surface area contributed by atoms with Gasteiger partial charge in [0.05, 0.1) is 11.0 Å². The van der Waals surface area contributed by atoms with Gasteiger partial charge in [-0.3, -0.25) is 0 Å². The molecule has 0 aliphatic carbocycles. The molecule has 1 atom stereocenters. The van der Waals surface area contributed by atoms with Crippen LogP contribution in [0.2, 0.25) is 0 Å². The van der Waals surface area contributed by atoms with Gasteiger partial charge >= 0.3 is 0 Å². The minimum atomic E-state index is -3.12. The summed E-state index contributed by atoms with van der Waals surface area (Å²) in [6.07, 6.45) is 0. The fourth-order valence-corrected chi connectivity index (χ4v) is 13.5. The van der Waals surface area contributed by atoms with Crippen LogP contribution in [0.4, 0.5) is 0 Å². The van der Waals surface area contributed by atoms with Crippen molar-refractivity contribution in [3.8, 4) is 39.1 Å². The molecular formula is C58H36NOP. The highest BCUT2D eigenvalue weighted by Gasteiger charge is 2.40. The van der Waals surface area contributed by atoms with Crippen LogP contribution >= 0.6 is 7.14 Å². The highest BCUT2D eigenvalue weighted by atomic mass is 31.2. The Morgan fingerprint density at radius 3 is 1.59 bits per heavy atom. The van der Waals surface area contributed by atoms with Crippen LogP contribution in [-0.4, -0.2) is 4.57 Å². The summed E-state index contributed by atoms with van der Waals surface area (Å²) in [6.45, 7) is 0. The lowest BCUT2D eigenvalue weighted by Gasteiger charge is -2.20. The van der Waals surface area contributed by atoms with E-state index in [1.54, 1.807) is 0 Å². The van der Waals surface area contributed by atoms with Crippen LogP contribution < -0.4 is 15.9 Å². The smallest absolute Gasteiger partial charge is 0.172 e. The fraction of sp³-hybridized carbons (Fsp3) is 0. The van der Waals surface area contributed by atoms with Gasteiger partial charge in [0.25, 0.3) is 0 Å². The van der Waals surface area contributed by atoms with E-state index in [0.717, 1.165) is 54.5 Å². The van der Waals surface area contributed by atoms with Crippen LogP contribution in [0, 0.1) is 0 Å². The Kier molecular flexibility index (Phi) is 7.32. The molecule has 0 bridgehead atoms. The van der Waals surface area contributed by atoms with Gasteiger partial charge in [0.2, 0.25) is 0 Å². The molecule has 0 radical (unpaired) electrons. The molecule has 0 spiro atoms. The van der Waals surface area contributed by atoms with E-state index >= 15 is 4.57 Å². The van der Waals surface area contributed by atoms with Crippen molar-refractivity contribution in [3.63, 3.8) is 0 Å². The van der Waals surface area contributed by atoms with Gasteiger partial charge in [-0.1, -0.05) is 176 Å². The van der Waals surface area contributed by atoms with Crippen LogP contribution in [0.5, 0.6) is 0 Å². The predicted octanol–water partition coefficient (Wildman–Crippen LogP) is 14.4. The number of nitrogens with zero attached hydrogens (tertiary/aromatic N) is 1. The maximum absolute atomic E-state index is 15.6. The number of benzene rings is 11. The Balaban J connectivity index is 1.14. The van der Waals surface area contributed by atoms with Crippen LogP contribution in [0.1, 0.15) is 0 Å². The zero-order valence-electron chi connectivity index (χ0n) is 33.1. The lowest BCUT2D eigenvalue weighted by atomic mass is 9.85. The molecule has 0 saturated carbocycles. The Labute approximate surface area is 353 Å². The second-order valence-electron chi connectivity index (χ2n) is 16.4. The molecular weight excluding hydrogens is 758 g/mol. The van der Waals surface area contributed by atoms with Gasteiger partial charge < -0.3 is 9.13 Å². The second-order valence-corrected chi connectivity index (χ2v) is 19.0. The molecule has 284 valence electrons. The summed E-state index contributed by atoms with van der Waals surface area (Å²) >= 11 is 0. The number of hydrogen-bond acceptors (Lipinski definition) is 1. The molecule has 0 saturated heterocycles. The Bertz CT molecular complexity index is 3860. The Hall–Kier alpha value is -7.51. The molecule has 2 heterocycles. The van der Waals surface area contributed by atoms with Gasteiger partial charge in [0.15, 0.2) is 7.14 Å². The van der Waals surface area contributed by atoms with E-state index in [2.05, 4.69) is 187 Å². The van der Waals surface area contributed by atoms with Crippen molar-refractivity contribution in [1.82, 2.24) is 4.57 Å². The Morgan fingerprint density at radius 1 is 0.328 bits per heavy atom. The third-order valence-electron chi connectivity index (χ3n) is 13.1. The minimum absolute atomic E-state index is 0.870. The third kappa shape index (κ3) is 4.95. The summed E-state index contributed by atoms with van der Waals surface area (Å²) in [6, 6.07) is 78.6. The largest absolute Gasteiger partial charge is 0.309 e. The van der Waals surface area contributed by atoms with E-state index in [4.69, 9.17) is 0 Å².